The molecule has 0 aromatic heterocycles. The lowest BCUT2D eigenvalue weighted by Gasteiger charge is -2.14. The number of rotatable bonds is 3. The average molecular weight is 374 g/mol. The van der Waals surface area contributed by atoms with Crippen molar-refractivity contribution in [1.29, 1.82) is 0 Å². The van der Waals surface area contributed by atoms with Crippen molar-refractivity contribution in [2.75, 3.05) is 7.11 Å². The first-order valence-electron chi connectivity index (χ1n) is 5.35. The van der Waals surface area contributed by atoms with Crippen LogP contribution in [-0.2, 0) is 0 Å². The van der Waals surface area contributed by atoms with Gasteiger partial charge >= 0.3 is 0 Å². The van der Waals surface area contributed by atoms with Gasteiger partial charge in [0.15, 0.2) is 0 Å². The predicted octanol–water partition coefficient (Wildman–Crippen LogP) is 5.08. The molecular formula is C14H11Br2FO. The van der Waals surface area contributed by atoms with Crippen molar-refractivity contribution in [2.45, 2.75) is 4.83 Å². The highest BCUT2D eigenvalue weighted by atomic mass is 79.9. The molecular weight excluding hydrogens is 363 g/mol. The number of hydrogen-bond donors (Lipinski definition) is 0. The Morgan fingerprint density at radius 3 is 2.44 bits per heavy atom. The third-order valence-corrected chi connectivity index (χ3v) is 4.33. The first-order chi connectivity index (χ1) is 8.63. The Labute approximate surface area is 122 Å². The molecule has 94 valence electrons. The number of ether oxygens (including phenoxy) is 1. The molecule has 1 nitrogen and oxygen atoms in total. The fourth-order valence-corrected chi connectivity index (χ4v) is 3.35. The normalized spacial score (nSPS) is 12.2. The van der Waals surface area contributed by atoms with E-state index < -0.39 is 0 Å². The fraction of sp³-hybridized carbons (Fsp3) is 0.143. The molecule has 18 heavy (non-hydrogen) atoms. The molecule has 0 aliphatic heterocycles. The third kappa shape index (κ3) is 2.75. The summed E-state index contributed by atoms with van der Waals surface area (Å²) in [4.78, 5) is -0.195. The van der Waals surface area contributed by atoms with Gasteiger partial charge < -0.3 is 4.74 Å². The molecule has 0 N–H and O–H groups in total. The number of alkyl halides is 1. The van der Waals surface area contributed by atoms with Gasteiger partial charge in [0.25, 0.3) is 0 Å². The Bertz CT molecular complexity index is 557. The molecule has 0 heterocycles. The van der Waals surface area contributed by atoms with E-state index in [4.69, 9.17) is 4.74 Å². The summed E-state index contributed by atoms with van der Waals surface area (Å²) in [5, 5.41) is 0. The van der Waals surface area contributed by atoms with Gasteiger partial charge in [0.2, 0.25) is 0 Å². The third-order valence-electron chi connectivity index (χ3n) is 2.66. The van der Waals surface area contributed by atoms with Crippen molar-refractivity contribution in [3.63, 3.8) is 0 Å². The van der Waals surface area contributed by atoms with Crippen molar-refractivity contribution in [3.05, 3.63) is 63.9 Å². The van der Waals surface area contributed by atoms with Gasteiger partial charge in [0.1, 0.15) is 11.6 Å². The van der Waals surface area contributed by atoms with Gasteiger partial charge in [-0.2, -0.15) is 0 Å². The summed E-state index contributed by atoms with van der Waals surface area (Å²) in [5.74, 6) is 0.543. The van der Waals surface area contributed by atoms with E-state index in [-0.39, 0.29) is 10.6 Å². The van der Waals surface area contributed by atoms with E-state index in [1.54, 1.807) is 19.2 Å². The summed E-state index contributed by atoms with van der Waals surface area (Å²) < 4.78 is 19.8. The topological polar surface area (TPSA) is 9.23 Å². The quantitative estimate of drug-likeness (QED) is 0.681. The summed E-state index contributed by atoms with van der Waals surface area (Å²) >= 11 is 7.01. The minimum atomic E-state index is -0.220. The summed E-state index contributed by atoms with van der Waals surface area (Å²) in [6, 6.07) is 12.4. The molecule has 2 rings (SSSR count). The van der Waals surface area contributed by atoms with Crippen LogP contribution in [0.3, 0.4) is 0 Å². The molecule has 1 unspecified atom stereocenters. The van der Waals surface area contributed by atoms with Gasteiger partial charge in [0, 0.05) is 10.0 Å². The molecule has 0 saturated heterocycles. The van der Waals surface area contributed by atoms with E-state index in [9.17, 15) is 4.39 Å². The van der Waals surface area contributed by atoms with Crippen LogP contribution in [-0.4, -0.2) is 7.11 Å². The largest absolute Gasteiger partial charge is 0.497 e. The van der Waals surface area contributed by atoms with E-state index in [0.717, 1.165) is 15.8 Å². The van der Waals surface area contributed by atoms with E-state index in [1.165, 1.54) is 6.07 Å². The Hall–Kier alpha value is -0.870. The maximum atomic E-state index is 13.7. The molecule has 0 fully saturated rings. The van der Waals surface area contributed by atoms with Crippen LogP contribution in [0.1, 0.15) is 16.0 Å². The number of benzene rings is 2. The summed E-state index contributed by atoms with van der Waals surface area (Å²) in [6.07, 6.45) is 0. The summed E-state index contributed by atoms with van der Waals surface area (Å²) in [6.45, 7) is 0. The molecule has 0 radical (unpaired) electrons. The van der Waals surface area contributed by atoms with Gasteiger partial charge in [-0.3, -0.25) is 0 Å². The first-order valence-corrected chi connectivity index (χ1v) is 7.06. The van der Waals surface area contributed by atoms with Crippen molar-refractivity contribution >= 4 is 31.9 Å². The molecule has 2 aromatic carbocycles. The number of methoxy groups -OCH3 is 1. The Morgan fingerprint density at radius 1 is 1.11 bits per heavy atom. The van der Waals surface area contributed by atoms with Crippen LogP contribution in [0, 0.1) is 5.82 Å². The van der Waals surface area contributed by atoms with Gasteiger partial charge in [-0.25, -0.2) is 4.39 Å². The van der Waals surface area contributed by atoms with Gasteiger partial charge in [-0.15, -0.1) is 0 Å². The highest BCUT2D eigenvalue weighted by molar-refractivity contribution is 9.11. The number of hydrogen-bond acceptors (Lipinski definition) is 1. The van der Waals surface area contributed by atoms with E-state index in [2.05, 4.69) is 31.9 Å². The predicted molar refractivity (Wildman–Crippen MR) is 77.9 cm³/mol. The van der Waals surface area contributed by atoms with Crippen LogP contribution in [0.5, 0.6) is 5.75 Å². The lowest BCUT2D eigenvalue weighted by molar-refractivity contribution is 0.414. The number of halogens is 3. The van der Waals surface area contributed by atoms with Crippen LogP contribution in [0.2, 0.25) is 0 Å². The second kappa shape index (κ2) is 5.85. The Morgan fingerprint density at radius 2 is 1.83 bits per heavy atom. The van der Waals surface area contributed by atoms with Crippen LogP contribution < -0.4 is 4.74 Å². The van der Waals surface area contributed by atoms with Crippen molar-refractivity contribution in [1.82, 2.24) is 0 Å². The van der Waals surface area contributed by atoms with Gasteiger partial charge in [-0.05, 0) is 23.8 Å². The van der Waals surface area contributed by atoms with Crippen molar-refractivity contribution < 1.29 is 9.13 Å². The molecule has 0 amide bonds. The highest BCUT2D eigenvalue weighted by Crippen LogP contribution is 2.37. The van der Waals surface area contributed by atoms with Crippen LogP contribution in [0.15, 0.2) is 46.9 Å². The maximum Gasteiger partial charge on any atom is 0.127 e. The zero-order valence-corrected chi connectivity index (χ0v) is 12.8. The molecule has 0 aliphatic rings. The van der Waals surface area contributed by atoms with E-state index in [0.29, 0.717) is 5.56 Å². The van der Waals surface area contributed by atoms with Crippen LogP contribution in [0.4, 0.5) is 4.39 Å². The van der Waals surface area contributed by atoms with Crippen LogP contribution >= 0.6 is 31.9 Å². The van der Waals surface area contributed by atoms with Gasteiger partial charge in [-0.1, -0.05) is 56.1 Å². The monoisotopic (exact) mass is 372 g/mol. The minimum absolute atomic E-state index is 0.195. The highest BCUT2D eigenvalue weighted by Gasteiger charge is 2.17. The molecule has 0 bridgehead atoms. The fourth-order valence-electron chi connectivity index (χ4n) is 1.69. The average Bonchev–Trinajstić information content (AvgIpc) is 2.38. The van der Waals surface area contributed by atoms with E-state index >= 15 is 0 Å². The molecule has 1 atom stereocenters. The molecule has 4 heteroatoms. The van der Waals surface area contributed by atoms with Crippen molar-refractivity contribution in [3.8, 4) is 5.75 Å². The zero-order valence-electron chi connectivity index (χ0n) is 9.66. The second-order valence-electron chi connectivity index (χ2n) is 3.77. The lowest BCUT2D eigenvalue weighted by Crippen LogP contribution is -1.97. The standard InChI is InChI=1S/C14H11Br2FO/c1-18-9-6-7-10(12(15)8-9)14(16)11-4-2-3-5-13(11)17/h2-8,14H,1H3. The molecule has 2 aromatic rings. The molecule has 0 saturated carbocycles. The molecule has 0 aliphatic carbocycles. The second-order valence-corrected chi connectivity index (χ2v) is 5.54. The van der Waals surface area contributed by atoms with Crippen molar-refractivity contribution in [2.24, 2.45) is 0 Å². The Balaban J connectivity index is 2.40. The van der Waals surface area contributed by atoms with Crippen LogP contribution in [0.25, 0.3) is 0 Å². The van der Waals surface area contributed by atoms with E-state index in [1.807, 2.05) is 24.3 Å². The minimum Gasteiger partial charge on any atom is -0.497 e. The van der Waals surface area contributed by atoms with Gasteiger partial charge in [0.05, 0.1) is 11.9 Å². The molecule has 0 spiro atoms. The first kappa shape index (κ1) is 13.6. The summed E-state index contributed by atoms with van der Waals surface area (Å²) in [7, 11) is 1.62. The lowest BCUT2D eigenvalue weighted by atomic mass is 10.0. The Kier molecular flexibility index (Phi) is 4.40. The smallest absolute Gasteiger partial charge is 0.127 e. The maximum absolute atomic E-state index is 13.7. The summed E-state index contributed by atoms with van der Waals surface area (Å²) in [5.41, 5.74) is 1.57. The zero-order chi connectivity index (χ0) is 13.1. The SMILES string of the molecule is COc1ccc(C(Br)c2ccccc2F)c(Br)c1.